The number of hydrogen-bond donors (Lipinski definition) is 2. The molecule has 1 unspecified atom stereocenters. The third-order valence-corrected chi connectivity index (χ3v) is 4.08. The molecule has 1 fully saturated rings. The van der Waals surface area contributed by atoms with Crippen LogP contribution in [0, 0.1) is 0 Å². The lowest BCUT2D eigenvalue weighted by atomic mass is 10.2. The van der Waals surface area contributed by atoms with Crippen molar-refractivity contribution in [1.82, 2.24) is 9.88 Å². The number of ether oxygens (including phenoxy) is 1. The van der Waals surface area contributed by atoms with E-state index in [0.29, 0.717) is 23.9 Å². The van der Waals surface area contributed by atoms with Gasteiger partial charge in [0.25, 0.3) is 5.91 Å². The van der Waals surface area contributed by atoms with Crippen molar-refractivity contribution in [3.63, 3.8) is 0 Å². The van der Waals surface area contributed by atoms with E-state index in [9.17, 15) is 9.59 Å². The van der Waals surface area contributed by atoms with Gasteiger partial charge in [0.2, 0.25) is 0 Å². The molecule has 1 aliphatic heterocycles. The van der Waals surface area contributed by atoms with E-state index >= 15 is 0 Å². The molecule has 1 aromatic heterocycles. The van der Waals surface area contributed by atoms with Crippen LogP contribution in [0.3, 0.4) is 0 Å². The number of carboxylic acid groups (broad SMARTS) is 1. The number of benzene rings is 1. The van der Waals surface area contributed by atoms with E-state index < -0.39 is 12.1 Å². The minimum atomic E-state index is -0.942. The second-order valence-electron chi connectivity index (χ2n) is 5.20. The average Bonchev–Trinajstić information content (AvgIpc) is 2.84. The number of aromatic amines is 1. The number of nitrogens with one attached hydrogen (secondary N) is 1. The number of nitrogens with zero attached hydrogens (tertiary/aromatic N) is 1. The summed E-state index contributed by atoms with van der Waals surface area (Å²) >= 11 is 6.29. The molecule has 1 saturated heterocycles. The Labute approximate surface area is 131 Å². The monoisotopic (exact) mass is 322 g/mol. The van der Waals surface area contributed by atoms with Crippen LogP contribution in [0.15, 0.2) is 24.3 Å². The van der Waals surface area contributed by atoms with Crippen LogP contribution in [0.5, 0.6) is 0 Å². The number of hydrogen-bond acceptors (Lipinski definition) is 3. The molecule has 1 atom stereocenters. The van der Waals surface area contributed by atoms with Crippen molar-refractivity contribution in [2.24, 2.45) is 0 Å². The molecule has 1 aromatic carbocycles. The van der Waals surface area contributed by atoms with Gasteiger partial charge >= 0.3 is 5.97 Å². The average molecular weight is 323 g/mol. The molecule has 0 radical (unpaired) electrons. The lowest BCUT2D eigenvalue weighted by Crippen LogP contribution is -2.46. The number of carboxylic acids is 1. The third kappa shape index (κ3) is 2.80. The van der Waals surface area contributed by atoms with E-state index in [2.05, 4.69) is 4.98 Å². The van der Waals surface area contributed by atoms with E-state index in [4.69, 9.17) is 21.4 Å². The number of H-pyrrole nitrogens is 1. The molecular weight excluding hydrogens is 308 g/mol. The van der Waals surface area contributed by atoms with Gasteiger partial charge in [-0.2, -0.15) is 0 Å². The Morgan fingerprint density at radius 1 is 1.41 bits per heavy atom. The van der Waals surface area contributed by atoms with Crippen molar-refractivity contribution >= 4 is 34.4 Å². The van der Waals surface area contributed by atoms with Crippen molar-refractivity contribution in [2.45, 2.75) is 12.5 Å². The highest BCUT2D eigenvalue weighted by Gasteiger charge is 2.28. The van der Waals surface area contributed by atoms with Crippen LogP contribution in [0.2, 0.25) is 5.02 Å². The summed E-state index contributed by atoms with van der Waals surface area (Å²) in [4.78, 5) is 28.0. The Morgan fingerprint density at radius 3 is 2.91 bits per heavy atom. The van der Waals surface area contributed by atoms with Gasteiger partial charge in [-0.1, -0.05) is 29.8 Å². The fourth-order valence-electron chi connectivity index (χ4n) is 2.64. The summed E-state index contributed by atoms with van der Waals surface area (Å²) in [7, 11) is 0. The number of aromatic nitrogens is 1. The van der Waals surface area contributed by atoms with Gasteiger partial charge in [0, 0.05) is 24.0 Å². The maximum absolute atomic E-state index is 12.6. The number of para-hydroxylation sites is 1. The zero-order valence-electron chi connectivity index (χ0n) is 11.7. The standard InChI is InChI=1S/C15H15ClN2O4/c16-13-10-3-1-2-4-11(10)17-14(13)15(21)18-5-6-22-9(8-18)7-12(19)20/h1-4,9,17H,5-8H2,(H,19,20). The van der Waals surface area contributed by atoms with E-state index in [-0.39, 0.29) is 18.9 Å². The molecule has 6 nitrogen and oxygen atoms in total. The molecule has 3 rings (SSSR count). The number of carbonyl (C=O) groups excluding carboxylic acids is 1. The molecule has 22 heavy (non-hydrogen) atoms. The van der Waals surface area contributed by atoms with Crippen molar-refractivity contribution in [3.05, 3.63) is 35.0 Å². The molecule has 0 bridgehead atoms. The first-order valence-electron chi connectivity index (χ1n) is 6.95. The highest BCUT2D eigenvalue weighted by Crippen LogP contribution is 2.28. The van der Waals surface area contributed by atoms with Crippen molar-refractivity contribution < 1.29 is 19.4 Å². The molecule has 2 heterocycles. The highest BCUT2D eigenvalue weighted by atomic mass is 35.5. The number of amides is 1. The Kier molecular flexibility index (Phi) is 4.04. The van der Waals surface area contributed by atoms with E-state index in [1.54, 1.807) is 4.90 Å². The van der Waals surface area contributed by atoms with Crippen LogP contribution in [-0.2, 0) is 9.53 Å². The molecule has 2 N–H and O–H groups in total. The summed E-state index contributed by atoms with van der Waals surface area (Å²) in [6, 6.07) is 7.41. The summed E-state index contributed by atoms with van der Waals surface area (Å²) in [5.41, 5.74) is 1.13. The number of morpholine rings is 1. The molecule has 116 valence electrons. The van der Waals surface area contributed by atoms with E-state index in [1.807, 2.05) is 24.3 Å². The number of carbonyl (C=O) groups is 2. The molecule has 0 aliphatic carbocycles. The molecular formula is C15H15ClN2O4. The zero-order chi connectivity index (χ0) is 15.7. The first kappa shape index (κ1) is 14.9. The van der Waals surface area contributed by atoms with Crippen LogP contribution in [0.1, 0.15) is 16.9 Å². The Morgan fingerprint density at radius 2 is 2.18 bits per heavy atom. The minimum Gasteiger partial charge on any atom is -0.481 e. The number of rotatable bonds is 3. The highest BCUT2D eigenvalue weighted by molar-refractivity contribution is 6.38. The molecule has 0 saturated carbocycles. The van der Waals surface area contributed by atoms with E-state index in [1.165, 1.54) is 0 Å². The second kappa shape index (κ2) is 5.98. The summed E-state index contributed by atoms with van der Waals surface area (Å²) in [6.07, 6.45) is -0.608. The molecule has 2 aromatic rings. The molecule has 1 aliphatic rings. The predicted molar refractivity (Wildman–Crippen MR) is 81.2 cm³/mol. The predicted octanol–water partition coefficient (Wildman–Crippen LogP) is 2.14. The van der Waals surface area contributed by atoms with Gasteiger partial charge in [-0.05, 0) is 6.07 Å². The van der Waals surface area contributed by atoms with Gasteiger partial charge in [-0.25, -0.2) is 0 Å². The van der Waals surface area contributed by atoms with Gasteiger partial charge in [0.15, 0.2) is 0 Å². The first-order valence-corrected chi connectivity index (χ1v) is 7.33. The van der Waals surface area contributed by atoms with Gasteiger partial charge in [-0.15, -0.1) is 0 Å². The van der Waals surface area contributed by atoms with Gasteiger partial charge in [0.05, 0.1) is 24.2 Å². The second-order valence-corrected chi connectivity index (χ2v) is 5.58. The topological polar surface area (TPSA) is 82.6 Å². The largest absolute Gasteiger partial charge is 0.481 e. The van der Waals surface area contributed by atoms with Crippen LogP contribution in [0.25, 0.3) is 10.9 Å². The number of aliphatic carboxylic acids is 1. The van der Waals surface area contributed by atoms with Crippen LogP contribution >= 0.6 is 11.6 Å². The smallest absolute Gasteiger partial charge is 0.306 e. The fourth-order valence-corrected chi connectivity index (χ4v) is 2.93. The fraction of sp³-hybridized carbons (Fsp3) is 0.333. The summed E-state index contributed by atoms with van der Waals surface area (Å²) in [6.45, 7) is 0.985. The van der Waals surface area contributed by atoms with Gasteiger partial charge in [0.1, 0.15) is 5.69 Å². The minimum absolute atomic E-state index is 0.121. The lowest BCUT2D eigenvalue weighted by Gasteiger charge is -2.32. The molecule has 1 amide bonds. The van der Waals surface area contributed by atoms with Crippen LogP contribution in [0.4, 0.5) is 0 Å². The van der Waals surface area contributed by atoms with Gasteiger partial charge < -0.3 is 19.7 Å². The van der Waals surface area contributed by atoms with Crippen molar-refractivity contribution in [2.75, 3.05) is 19.7 Å². The van der Waals surface area contributed by atoms with Crippen LogP contribution in [-0.4, -0.2) is 52.7 Å². The molecule has 7 heteroatoms. The van der Waals surface area contributed by atoms with Crippen molar-refractivity contribution in [3.8, 4) is 0 Å². The quantitative estimate of drug-likeness (QED) is 0.907. The third-order valence-electron chi connectivity index (χ3n) is 3.68. The first-order chi connectivity index (χ1) is 10.6. The Balaban J connectivity index is 1.83. The van der Waals surface area contributed by atoms with Crippen LogP contribution < -0.4 is 0 Å². The van der Waals surface area contributed by atoms with E-state index in [0.717, 1.165) is 10.9 Å². The number of halogens is 1. The Hall–Kier alpha value is -2.05. The van der Waals surface area contributed by atoms with Gasteiger partial charge in [-0.3, -0.25) is 9.59 Å². The normalized spacial score (nSPS) is 18.6. The SMILES string of the molecule is O=C(O)CC1CN(C(=O)c2[nH]c3ccccc3c2Cl)CCO1. The lowest BCUT2D eigenvalue weighted by molar-refractivity contribution is -0.141. The summed E-state index contributed by atoms with van der Waals surface area (Å²) in [5.74, 6) is -1.18. The maximum Gasteiger partial charge on any atom is 0.306 e. The number of fused-ring (bicyclic) bond motifs is 1. The Bertz CT molecular complexity index is 727. The summed E-state index contributed by atoms with van der Waals surface area (Å²) in [5, 5.41) is 10.0. The van der Waals surface area contributed by atoms with Crippen molar-refractivity contribution in [1.29, 1.82) is 0 Å². The molecule has 0 spiro atoms. The zero-order valence-corrected chi connectivity index (χ0v) is 12.5. The summed E-state index contributed by atoms with van der Waals surface area (Å²) < 4.78 is 5.38. The maximum atomic E-state index is 12.6.